The lowest BCUT2D eigenvalue weighted by atomic mass is 9.44. The van der Waals surface area contributed by atoms with E-state index in [0.717, 1.165) is 53.4 Å². The Labute approximate surface area is 214 Å². The van der Waals surface area contributed by atoms with Crippen molar-refractivity contribution >= 4 is 11.4 Å². The number of nitrogens with zero attached hydrogens (tertiary/aromatic N) is 1. The molecular formula is C33H49NO. The maximum atomic E-state index is 6.73. The van der Waals surface area contributed by atoms with Crippen molar-refractivity contribution in [2.45, 2.75) is 111 Å². The largest absolute Gasteiger partial charge is 0.482 e. The second-order valence-electron chi connectivity index (χ2n) is 14.2. The van der Waals surface area contributed by atoms with Gasteiger partial charge in [0.2, 0.25) is 0 Å². The predicted molar refractivity (Wildman–Crippen MR) is 146 cm³/mol. The molecule has 6 rings (SSSR count). The van der Waals surface area contributed by atoms with Crippen LogP contribution in [0.1, 0.15) is 105 Å². The van der Waals surface area contributed by atoms with Crippen LogP contribution in [0.15, 0.2) is 29.3 Å². The van der Waals surface area contributed by atoms with E-state index in [9.17, 15) is 0 Å². The van der Waals surface area contributed by atoms with Crippen LogP contribution in [-0.2, 0) is 0 Å². The van der Waals surface area contributed by atoms with E-state index in [1.807, 2.05) is 0 Å². The average Bonchev–Trinajstić information content (AvgIpc) is 3.19. The van der Waals surface area contributed by atoms with Crippen LogP contribution >= 0.6 is 0 Å². The highest BCUT2D eigenvalue weighted by molar-refractivity contribution is 5.94. The summed E-state index contributed by atoms with van der Waals surface area (Å²) in [7, 11) is 0. The van der Waals surface area contributed by atoms with Crippen molar-refractivity contribution in [3.8, 4) is 5.75 Å². The van der Waals surface area contributed by atoms with Gasteiger partial charge in [-0.3, -0.25) is 4.99 Å². The fraction of sp³-hybridized carbons (Fsp3) is 0.788. The standard InChI is InChI=1S/C33H49NO/c1-21(2)9-8-10-22(3)24-15-16-25-23-13-14-27-31-29(34-28-11-6-7-12-30(28)35-31)18-20-33(27,5)26(23)17-19-32(24,25)4/h6-7,11-12,21-27,31H,8-10,13-20H2,1-5H3. The van der Waals surface area contributed by atoms with Gasteiger partial charge >= 0.3 is 0 Å². The molecule has 1 aliphatic heterocycles. The van der Waals surface area contributed by atoms with E-state index in [-0.39, 0.29) is 6.10 Å². The van der Waals surface area contributed by atoms with Crippen LogP contribution in [0.2, 0.25) is 0 Å². The van der Waals surface area contributed by atoms with Gasteiger partial charge in [0.25, 0.3) is 0 Å². The van der Waals surface area contributed by atoms with Gasteiger partial charge in [-0.2, -0.15) is 0 Å². The number of rotatable bonds is 5. The Morgan fingerprint density at radius 3 is 2.49 bits per heavy atom. The maximum absolute atomic E-state index is 6.73. The Bertz CT molecular complexity index is 966. The minimum absolute atomic E-state index is 0.218. The van der Waals surface area contributed by atoms with Crippen molar-refractivity contribution in [1.29, 1.82) is 0 Å². The molecule has 0 radical (unpaired) electrons. The molecule has 9 unspecified atom stereocenters. The van der Waals surface area contributed by atoms with Crippen LogP contribution in [0, 0.1) is 52.3 Å². The summed E-state index contributed by atoms with van der Waals surface area (Å²) in [6, 6.07) is 8.43. The van der Waals surface area contributed by atoms with E-state index in [0.29, 0.717) is 16.7 Å². The third-order valence-electron chi connectivity index (χ3n) is 12.1. The monoisotopic (exact) mass is 475 g/mol. The number of aliphatic imine (C=N–C) groups is 1. The van der Waals surface area contributed by atoms with Crippen molar-refractivity contribution in [1.82, 2.24) is 0 Å². The topological polar surface area (TPSA) is 21.6 Å². The highest BCUT2D eigenvalue weighted by Gasteiger charge is 2.62. The van der Waals surface area contributed by atoms with Crippen LogP contribution in [0.4, 0.5) is 5.69 Å². The molecular weight excluding hydrogens is 426 g/mol. The minimum atomic E-state index is 0.218. The number of hydrogen-bond acceptors (Lipinski definition) is 2. The van der Waals surface area contributed by atoms with E-state index in [4.69, 9.17) is 9.73 Å². The van der Waals surface area contributed by atoms with Crippen LogP contribution in [0.25, 0.3) is 0 Å². The van der Waals surface area contributed by atoms with Gasteiger partial charge in [-0.1, -0.05) is 66.0 Å². The molecule has 0 aromatic heterocycles. The van der Waals surface area contributed by atoms with Crippen molar-refractivity contribution in [3.63, 3.8) is 0 Å². The van der Waals surface area contributed by atoms with Crippen LogP contribution in [0.3, 0.4) is 0 Å². The zero-order chi connectivity index (χ0) is 24.4. The number of para-hydroxylation sites is 2. The summed E-state index contributed by atoms with van der Waals surface area (Å²) in [6.45, 7) is 12.8. The van der Waals surface area contributed by atoms with Crippen molar-refractivity contribution < 1.29 is 4.74 Å². The third kappa shape index (κ3) is 3.83. The summed E-state index contributed by atoms with van der Waals surface area (Å²) in [5, 5.41) is 0. The zero-order valence-electron chi connectivity index (χ0n) is 23.1. The number of hydrogen-bond donors (Lipinski definition) is 0. The van der Waals surface area contributed by atoms with Gasteiger partial charge in [-0.25, -0.2) is 0 Å². The predicted octanol–water partition coefficient (Wildman–Crippen LogP) is 9.25. The van der Waals surface area contributed by atoms with Crippen LogP contribution < -0.4 is 4.74 Å². The number of ether oxygens (including phenoxy) is 1. The molecule has 5 aliphatic rings. The van der Waals surface area contributed by atoms with Gasteiger partial charge < -0.3 is 4.74 Å². The zero-order valence-corrected chi connectivity index (χ0v) is 23.1. The summed E-state index contributed by atoms with van der Waals surface area (Å²) >= 11 is 0. The number of benzene rings is 1. The minimum Gasteiger partial charge on any atom is -0.482 e. The fourth-order valence-corrected chi connectivity index (χ4v) is 10.4. The molecule has 192 valence electrons. The van der Waals surface area contributed by atoms with E-state index in [2.05, 4.69) is 58.9 Å². The van der Waals surface area contributed by atoms with E-state index in [1.54, 1.807) is 0 Å². The van der Waals surface area contributed by atoms with E-state index >= 15 is 0 Å². The third-order valence-corrected chi connectivity index (χ3v) is 12.1. The van der Waals surface area contributed by atoms with Gasteiger partial charge in [0.1, 0.15) is 17.5 Å². The summed E-state index contributed by atoms with van der Waals surface area (Å²) in [5.74, 6) is 7.14. The first-order valence-electron chi connectivity index (χ1n) is 15.1. The molecule has 9 atom stereocenters. The first-order valence-corrected chi connectivity index (χ1v) is 15.1. The van der Waals surface area contributed by atoms with Gasteiger partial charge in [0, 0.05) is 5.92 Å². The average molecular weight is 476 g/mol. The molecule has 35 heavy (non-hydrogen) atoms. The van der Waals surface area contributed by atoms with Crippen molar-refractivity contribution in [3.05, 3.63) is 24.3 Å². The Morgan fingerprint density at radius 2 is 1.66 bits per heavy atom. The fourth-order valence-electron chi connectivity index (χ4n) is 10.4. The Morgan fingerprint density at radius 1 is 0.886 bits per heavy atom. The molecule has 4 aliphatic carbocycles. The summed E-state index contributed by atoms with van der Waals surface area (Å²) in [4.78, 5) is 5.11. The van der Waals surface area contributed by atoms with Gasteiger partial charge in [-0.05, 0) is 110 Å². The first-order chi connectivity index (χ1) is 16.8. The highest BCUT2D eigenvalue weighted by atomic mass is 16.5. The molecule has 0 N–H and O–H groups in total. The maximum Gasteiger partial charge on any atom is 0.145 e. The molecule has 4 fully saturated rings. The molecule has 2 nitrogen and oxygen atoms in total. The lowest BCUT2D eigenvalue weighted by Gasteiger charge is -2.62. The molecule has 0 spiro atoms. The first kappa shape index (κ1) is 24.1. The summed E-state index contributed by atoms with van der Waals surface area (Å²) < 4.78 is 6.73. The van der Waals surface area contributed by atoms with E-state index in [1.165, 1.54) is 69.9 Å². The lowest BCUT2D eigenvalue weighted by Crippen LogP contribution is -2.59. The normalized spacial score (nSPS) is 42.6. The smallest absolute Gasteiger partial charge is 0.145 e. The molecule has 2 heteroatoms. The van der Waals surface area contributed by atoms with E-state index < -0.39 is 0 Å². The molecule has 4 saturated carbocycles. The Balaban J connectivity index is 1.20. The molecule has 1 aromatic carbocycles. The molecule has 0 amide bonds. The quantitative estimate of drug-likeness (QED) is 0.416. The highest BCUT2D eigenvalue weighted by Crippen LogP contribution is 2.68. The molecule has 1 heterocycles. The second kappa shape index (κ2) is 8.91. The van der Waals surface area contributed by atoms with Gasteiger partial charge in [-0.15, -0.1) is 0 Å². The summed E-state index contributed by atoms with van der Waals surface area (Å²) in [5.41, 5.74) is 3.38. The summed E-state index contributed by atoms with van der Waals surface area (Å²) in [6.07, 6.45) is 15.6. The van der Waals surface area contributed by atoms with Gasteiger partial charge in [0.15, 0.2) is 0 Å². The van der Waals surface area contributed by atoms with Crippen LogP contribution in [-0.4, -0.2) is 11.8 Å². The molecule has 0 saturated heterocycles. The molecule has 0 bridgehead atoms. The van der Waals surface area contributed by atoms with Crippen molar-refractivity contribution in [2.75, 3.05) is 0 Å². The molecule has 1 aromatic rings. The van der Waals surface area contributed by atoms with Crippen LogP contribution in [0.5, 0.6) is 5.75 Å². The number of fused-ring (bicyclic) bond motifs is 8. The van der Waals surface area contributed by atoms with Crippen molar-refractivity contribution in [2.24, 2.45) is 57.2 Å². The van der Waals surface area contributed by atoms with Gasteiger partial charge in [0.05, 0.1) is 5.71 Å². The second-order valence-corrected chi connectivity index (χ2v) is 14.2. The Hall–Kier alpha value is -1.31. The lowest BCUT2D eigenvalue weighted by molar-refractivity contribution is -0.122. The Kier molecular flexibility index (Phi) is 6.12. The SMILES string of the molecule is CC(C)CCCC(C)C1CCC2C3CCC4C5Oc6ccccc6N=C5CCC4(C)C3CCC12C.